The summed E-state index contributed by atoms with van der Waals surface area (Å²) in [5, 5.41) is 17.0. The van der Waals surface area contributed by atoms with Gasteiger partial charge in [0.05, 0.1) is 28.5 Å². The number of allylic oxidation sites excluding steroid dienone is 1. The first kappa shape index (κ1) is 19.8. The lowest BCUT2D eigenvalue weighted by atomic mass is 9.86. The number of hydrogen-bond acceptors (Lipinski definition) is 7. The lowest BCUT2D eigenvalue weighted by Gasteiger charge is -2.30. The van der Waals surface area contributed by atoms with Crippen LogP contribution in [0.5, 0.6) is 0 Å². The number of ketones is 1. The van der Waals surface area contributed by atoms with Crippen LogP contribution in [0, 0.1) is 28.9 Å². The Hall–Kier alpha value is -4.14. The van der Waals surface area contributed by atoms with E-state index in [1.165, 1.54) is 24.4 Å². The Morgan fingerprint density at radius 3 is 2.47 bits per heavy atom. The van der Waals surface area contributed by atoms with Crippen LogP contribution in [-0.2, 0) is 9.59 Å². The largest absolute Gasteiger partial charge is 0.292 e. The fourth-order valence-corrected chi connectivity index (χ4v) is 4.85. The number of benzene rings is 2. The molecule has 0 aliphatic carbocycles. The molecule has 2 aromatic rings. The number of nitrogens with zero attached hydrogens (tertiary/aromatic N) is 4. The number of nitro groups is 1. The number of Topliss-reactive ketones (excluding diaryl/α,β-unsaturated/α-hetero) is 1. The molecule has 0 bridgehead atoms. The van der Waals surface area contributed by atoms with Crippen LogP contribution in [0.2, 0.25) is 0 Å². The van der Waals surface area contributed by atoms with Crippen molar-refractivity contribution >= 4 is 35.2 Å². The molecule has 0 spiro atoms. The van der Waals surface area contributed by atoms with Gasteiger partial charge in [-0.25, -0.2) is 4.90 Å². The van der Waals surface area contributed by atoms with Gasteiger partial charge < -0.3 is 0 Å². The molecule has 0 radical (unpaired) electrons. The summed E-state index contributed by atoms with van der Waals surface area (Å²) >= 11 is 0. The molecule has 5 rings (SSSR count). The first-order chi connectivity index (χ1) is 15.4. The number of fused-ring (bicyclic) bond motifs is 3. The van der Waals surface area contributed by atoms with Gasteiger partial charge >= 0.3 is 0 Å². The average molecular weight is 430 g/mol. The highest BCUT2D eigenvalue weighted by Gasteiger charge is 2.64. The van der Waals surface area contributed by atoms with Gasteiger partial charge in [-0.05, 0) is 24.6 Å². The number of hydrogen-bond donors (Lipinski definition) is 0. The molecular formula is C23H18N4O5. The maximum Gasteiger partial charge on any atom is 0.269 e. The molecule has 2 amide bonds. The van der Waals surface area contributed by atoms with Crippen molar-refractivity contribution in [1.29, 1.82) is 0 Å². The fourth-order valence-electron chi connectivity index (χ4n) is 4.85. The third-order valence-corrected chi connectivity index (χ3v) is 6.25. The molecule has 0 aromatic heterocycles. The SMILES string of the molecule is Cc1cc([N+](=O)[O-])ccc1N1C(=O)[C@@H]2[C@H](C1=O)[C@@H](C(=O)c1ccccc1)N1N=CC=C[C@@H]21. The van der Waals surface area contributed by atoms with Gasteiger partial charge in [0.1, 0.15) is 6.04 Å². The van der Waals surface area contributed by atoms with E-state index in [-0.39, 0.29) is 11.5 Å². The number of amides is 2. The number of anilines is 1. The van der Waals surface area contributed by atoms with Gasteiger partial charge in [-0.2, -0.15) is 5.10 Å². The Balaban J connectivity index is 1.58. The molecule has 2 saturated heterocycles. The smallest absolute Gasteiger partial charge is 0.269 e. The van der Waals surface area contributed by atoms with Crippen molar-refractivity contribution in [2.24, 2.45) is 16.9 Å². The molecule has 2 aromatic carbocycles. The molecule has 3 aliphatic heterocycles. The van der Waals surface area contributed by atoms with Crippen molar-refractivity contribution in [2.45, 2.75) is 19.0 Å². The van der Waals surface area contributed by atoms with E-state index in [0.29, 0.717) is 16.8 Å². The molecule has 32 heavy (non-hydrogen) atoms. The van der Waals surface area contributed by atoms with Gasteiger partial charge in [-0.1, -0.05) is 36.4 Å². The highest BCUT2D eigenvalue weighted by molar-refractivity contribution is 6.25. The lowest BCUT2D eigenvalue weighted by molar-refractivity contribution is -0.384. The van der Waals surface area contributed by atoms with Gasteiger partial charge in [-0.3, -0.25) is 29.5 Å². The first-order valence-corrected chi connectivity index (χ1v) is 10.1. The number of hydrazone groups is 1. The second-order valence-corrected chi connectivity index (χ2v) is 7.99. The number of imide groups is 1. The molecule has 0 unspecified atom stereocenters. The number of non-ortho nitro benzene ring substituents is 1. The summed E-state index contributed by atoms with van der Waals surface area (Å²) < 4.78 is 0. The summed E-state index contributed by atoms with van der Waals surface area (Å²) in [5.74, 6) is -2.89. The van der Waals surface area contributed by atoms with Crippen LogP contribution in [0.1, 0.15) is 15.9 Å². The van der Waals surface area contributed by atoms with E-state index in [4.69, 9.17) is 0 Å². The Bertz CT molecular complexity index is 1220. The highest BCUT2D eigenvalue weighted by Crippen LogP contribution is 2.46. The molecule has 0 N–H and O–H groups in total. The second-order valence-electron chi connectivity index (χ2n) is 7.99. The maximum absolute atomic E-state index is 13.6. The molecule has 160 valence electrons. The standard InChI is InChI=1S/C23H18N4O5/c1-13-12-15(27(31)32)9-10-16(13)25-22(29)18-17-8-5-11-24-26(17)20(19(18)23(25)30)21(28)14-6-3-2-4-7-14/h2-12,17-20H,1H3/t17-,18-,19-,20-/m0/s1. The van der Waals surface area contributed by atoms with Crippen molar-refractivity contribution in [1.82, 2.24) is 5.01 Å². The van der Waals surface area contributed by atoms with E-state index < -0.39 is 40.7 Å². The van der Waals surface area contributed by atoms with E-state index in [9.17, 15) is 24.5 Å². The number of carbonyl (C=O) groups is 3. The minimum absolute atomic E-state index is 0.126. The molecule has 3 heterocycles. The lowest BCUT2D eigenvalue weighted by Crippen LogP contribution is -2.46. The first-order valence-electron chi connectivity index (χ1n) is 10.1. The average Bonchev–Trinajstić information content (AvgIpc) is 3.27. The van der Waals surface area contributed by atoms with Crippen molar-refractivity contribution in [3.8, 4) is 0 Å². The normalized spacial score (nSPS) is 25.8. The molecular weight excluding hydrogens is 412 g/mol. The van der Waals surface area contributed by atoms with Crippen molar-refractivity contribution in [3.63, 3.8) is 0 Å². The van der Waals surface area contributed by atoms with Crippen LogP contribution < -0.4 is 4.90 Å². The number of carbonyl (C=O) groups excluding carboxylic acids is 3. The summed E-state index contributed by atoms with van der Waals surface area (Å²) in [6.45, 7) is 1.61. The highest BCUT2D eigenvalue weighted by atomic mass is 16.6. The Morgan fingerprint density at radius 1 is 1.06 bits per heavy atom. The minimum Gasteiger partial charge on any atom is -0.292 e. The van der Waals surface area contributed by atoms with Crippen LogP contribution in [0.3, 0.4) is 0 Å². The van der Waals surface area contributed by atoms with Crippen molar-refractivity contribution < 1.29 is 19.3 Å². The Labute approximate surface area is 182 Å². The predicted molar refractivity (Wildman–Crippen MR) is 115 cm³/mol. The zero-order chi connectivity index (χ0) is 22.6. The van der Waals surface area contributed by atoms with Gasteiger partial charge in [0.2, 0.25) is 11.8 Å². The summed E-state index contributed by atoms with van der Waals surface area (Å²) in [7, 11) is 0. The van der Waals surface area contributed by atoms with Crippen molar-refractivity contribution in [2.75, 3.05) is 4.90 Å². The number of rotatable bonds is 4. The Kier molecular flexibility index (Phi) is 4.47. The zero-order valence-corrected chi connectivity index (χ0v) is 17.0. The van der Waals surface area contributed by atoms with Gasteiger partial charge in [0, 0.05) is 23.9 Å². The second kappa shape index (κ2) is 7.23. The summed E-state index contributed by atoms with van der Waals surface area (Å²) in [5.41, 5.74) is 1.03. The van der Waals surface area contributed by atoms with Crippen LogP contribution in [0.25, 0.3) is 0 Å². The third kappa shape index (κ3) is 2.78. The Morgan fingerprint density at radius 2 is 1.78 bits per heavy atom. The topological polar surface area (TPSA) is 113 Å². The number of nitro benzene ring substituents is 1. The third-order valence-electron chi connectivity index (χ3n) is 6.25. The van der Waals surface area contributed by atoms with Crippen LogP contribution in [0.15, 0.2) is 65.8 Å². The van der Waals surface area contributed by atoms with Gasteiger partial charge in [0.25, 0.3) is 5.69 Å². The van der Waals surface area contributed by atoms with Crippen molar-refractivity contribution in [3.05, 3.63) is 81.9 Å². The summed E-state index contributed by atoms with van der Waals surface area (Å²) in [4.78, 5) is 52.1. The monoisotopic (exact) mass is 430 g/mol. The maximum atomic E-state index is 13.6. The van der Waals surface area contributed by atoms with Crippen LogP contribution >= 0.6 is 0 Å². The molecule has 4 atom stereocenters. The van der Waals surface area contributed by atoms with E-state index in [2.05, 4.69) is 5.10 Å². The molecule has 9 nitrogen and oxygen atoms in total. The van der Waals surface area contributed by atoms with E-state index in [1.807, 2.05) is 0 Å². The minimum atomic E-state index is -0.923. The number of aryl methyl sites for hydroxylation is 1. The predicted octanol–water partition coefficient (Wildman–Crippen LogP) is 2.50. The molecule has 9 heteroatoms. The molecule has 0 saturated carbocycles. The van der Waals surface area contributed by atoms with Gasteiger partial charge in [0.15, 0.2) is 5.78 Å². The quantitative estimate of drug-likeness (QED) is 0.319. The van der Waals surface area contributed by atoms with E-state index in [1.54, 1.807) is 54.4 Å². The van der Waals surface area contributed by atoms with E-state index >= 15 is 0 Å². The summed E-state index contributed by atoms with van der Waals surface area (Å²) in [6.07, 6.45) is 5.02. The zero-order valence-electron chi connectivity index (χ0n) is 17.0. The van der Waals surface area contributed by atoms with Gasteiger partial charge in [-0.15, -0.1) is 0 Å². The molecule has 3 aliphatic rings. The fraction of sp³-hybridized carbons (Fsp3) is 0.217. The van der Waals surface area contributed by atoms with Crippen LogP contribution in [0.4, 0.5) is 11.4 Å². The van der Waals surface area contributed by atoms with E-state index in [0.717, 1.165) is 4.90 Å². The molecule has 2 fully saturated rings. The van der Waals surface area contributed by atoms with Crippen LogP contribution in [-0.4, -0.2) is 45.8 Å². The summed E-state index contributed by atoms with van der Waals surface area (Å²) in [6, 6.07) is 11.2.